The van der Waals surface area contributed by atoms with Crippen molar-refractivity contribution in [2.75, 3.05) is 12.4 Å². The van der Waals surface area contributed by atoms with Crippen LogP contribution in [-0.4, -0.2) is 23.3 Å². The van der Waals surface area contributed by atoms with Gasteiger partial charge in [0.15, 0.2) is 0 Å². The van der Waals surface area contributed by atoms with Crippen LogP contribution in [-0.2, 0) is 11.2 Å². The fourth-order valence-electron chi connectivity index (χ4n) is 1.13. The largest absolute Gasteiger partial charge is 0.355 e. The van der Waals surface area contributed by atoms with Crippen LogP contribution in [0.15, 0.2) is 5.38 Å². The van der Waals surface area contributed by atoms with E-state index >= 15 is 0 Å². The van der Waals surface area contributed by atoms with Crippen molar-refractivity contribution in [2.24, 2.45) is 5.41 Å². The van der Waals surface area contributed by atoms with Gasteiger partial charge in [-0.15, -0.1) is 22.9 Å². The van der Waals surface area contributed by atoms with Crippen LogP contribution >= 0.6 is 22.9 Å². The van der Waals surface area contributed by atoms with Gasteiger partial charge in [-0.1, -0.05) is 0 Å². The predicted octanol–water partition coefficient (Wildman–Crippen LogP) is 2.38. The van der Waals surface area contributed by atoms with E-state index in [0.717, 1.165) is 17.1 Å². The second-order valence-electron chi connectivity index (χ2n) is 4.38. The van der Waals surface area contributed by atoms with Crippen LogP contribution in [0.25, 0.3) is 0 Å². The fourth-order valence-corrected chi connectivity index (χ4v) is 1.90. The highest BCUT2D eigenvalue weighted by molar-refractivity contribution is 7.09. The first kappa shape index (κ1) is 13.5. The minimum Gasteiger partial charge on any atom is -0.355 e. The highest BCUT2D eigenvalue weighted by Crippen LogP contribution is 2.16. The van der Waals surface area contributed by atoms with Crippen molar-refractivity contribution >= 4 is 28.8 Å². The summed E-state index contributed by atoms with van der Waals surface area (Å²) < 4.78 is 0. The Hall–Kier alpha value is -0.610. The second kappa shape index (κ2) is 5.64. The normalized spacial score (nSPS) is 11.5. The fraction of sp³-hybridized carbons (Fsp3) is 0.636. The van der Waals surface area contributed by atoms with Crippen molar-refractivity contribution < 1.29 is 4.79 Å². The topological polar surface area (TPSA) is 42.0 Å². The summed E-state index contributed by atoms with van der Waals surface area (Å²) in [4.78, 5) is 16.0. The summed E-state index contributed by atoms with van der Waals surface area (Å²) in [6.45, 7) is 6.26. The van der Waals surface area contributed by atoms with Gasteiger partial charge in [-0.2, -0.15) is 0 Å². The lowest BCUT2D eigenvalue weighted by Crippen LogP contribution is -2.39. The molecule has 0 aromatic carbocycles. The first-order chi connectivity index (χ1) is 7.45. The van der Waals surface area contributed by atoms with Crippen molar-refractivity contribution in [1.29, 1.82) is 0 Å². The van der Waals surface area contributed by atoms with Crippen LogP contribution < -0.4 is 5.32 Å². The number of nitrogens with zero attached hydrogens (tertiary/aromatic N) is 1. The number of hydrogen-bond acceptors (Lipinski definition) is 3. The maximum Gasteiger partial charge on any atom is 0.226 e. The number of aryl methyl sites for hydroxylation is 1. The molecule has 0 aliphatic heterocycles. The van der Waals surface area contributed by atoms with Gasteiger partial charge in [0, 0.05) is 24.2 Å². The molecule has 3 nitrogen and oxygen atoms in total. The molecule has 0 radical (unpaired) electrons. The molecule has 0 saturated carbocycles. The zero-order valence-corrected chi connectivity index (χ0v) is 11.4. The molecule has 0 spiro atoms. The summed E-state index contributed by atoms with van der Waals surface area (Å²) >= 11 is 7.34. The van der Waals surface area contributed by atoms with Gasteiger partial charge in [-0.25, -0.2) is 4.98 Å². The lowest BCUT2D eigenvalue weighted by Gasteiger charge is -2.20. The van der Waals surface area contributed by atoms with E-state index in [2.05, 4.69) is 10.3 Å². The maximum atomic E-state index is 11.7. The molecule has 0 aliphatic rings. The standard InChI is InChI=1S/C11H17ClN2OS/c1-8-14-9(6-16-8)4-5-13-10(15)11(2,3)7-12/h6H,4-5,7H2,1-3H3,(H,13,15). The lowest BCUT2D eigenvalue weighted by atomic mass is 9.95. The molecule has 1 rings (SSSR count). The number of alkyl halides is 1. The number of halogens is 1. The zero-order valence-electron chi connectivity index (χ0n) is 9.84. The van der Waals surface area contributed by atoms with Gasteiger partial charge in [0.2, 0.25) is 5.91 Å². The van der Waals surface area contributed by atoms with Gasteiger partial charge in [0.1, 0.15) is 0 Å². The van der Waals surface area contributed by atoms with Crippen LogP contribution in [0.1, 0.15) is 24.5 Å². The van der Waals surface area contributed by atoms with Crippen LogP contribution in [0.2, 0.25) is 0 Å². The minimum absolute atomic E-state index is 0.00514. The Kier molecular flexibility index (Phi) is 4.74. The Morgan fingerprint density at radius 3 is 2.81 bits per heavy atom. The number of nitrogens with one attached hydrogen (secondary N) is 1. The third-order valence-electron chi connectivity index (χ3n) is 2.28. The molecule has 1 aromatic rings. The molecule has 0 saturated heterocycles. The van der Waals surface area contributed by atoms with E-state index < -0.39 is 5.41 Å². The molecule has 0 atom stereocenters. The third kappa shape index (κ3) is 3.76. The highest BCUT2D eigenvalue weighted by Gasteiger charge is 2.25. The van der Waals surface area contributed by atoms with E-state index in [9.17, 15) is 4.79 Å². The molecule has 0 bridgehead atoms. The van der Waals surface area contributed by atoms with E-state index in [0.29, 0.717) is 12.4 Å². The van der Waals surface area contributed by atoms with Crippen LogP contribution in [0.4, 0.5) is 0 Å². The van der Waals surface area contributed by atoms with Crippen molar-refractivity contribution in [3.8, 4) is 0 Å². The third-order valence-corrected chi connectivity index (χ3v) is 3.77. The van der Waals surface area contributed by atoms with Gasteiger partial charge < -0.3 is 5.32 Å². The summed E-state index contributed by atoms with van der Waals surface area (Å²) in [6.07, 6.45) is 0.772. The average Bonchev–Trinajstić information content (AvgIpc) is 2.64. The van der Waals surface area contributed by atoms with Crippen molar-refractivity contribution in [1.82, 2.24) is 10.3 Å². The van der Waals surface area contributed by atoms with Crippen molar-refractivity contribution in [2.45, 2.75) is 27.2 Å². The quantitative estimate of drug-likeness (QED) is 0.826. The molecule has 0 aliphatic carbocycles. The van der Waals surface area contributed by atoms with Crippen LogP contribution in [0, 0.1) is 12.3 Å². The first-order valence-corrected chi connectivity index (χ1v) is 6.62. The predicted molar refractivity (Wildman–Crippen MR) is 68.1 cm³/mol. The summed E-state index contributed by atoms with van der Waals surface area (Å²) in [7, 11) is 0. The number of amides is 1. The van der Waals surface area contributed by atoms with E-state index in [4.69, 9.17) is 11.6 Å². The first-order valence-electron chi connectivity index (χ1n) is 5.21. The Balaban J connectivity index is 2.33. The van der Waals surface area contributed by atoms with E-state index in [1.54, 1.807) is 11.3 Å². The molecule has 1 N–H and O–H groups in total. The molecule has 1 aromatic heterocycles. The number of rotatable bonds is 5. The molecule has 16 heavy (non-hydrogen) atoms. The van der Waals surface area contributed by atoms with E-state index in [1.165, 1.54) is 0 Å². The number of carbonyl (C=O) groups excluding carboxylic acids is 1. The lowest BCUT2D eigenvalue weighted by molar-refractivity contribution is -0.128. The average molecular weight is 261 g/mol. The zero-order chi connectivity index (χ0) is 12.2. The van der Waals surface area contributed by atoms with Gasteiger partial charge in [-0.3, -0.25) is 4.79 Å². The van der Waals surface area contributed by atoms with Crippen LogP contribution in [0.3, 0.4) is 0 Å². The Morgan fingerprint density at radius 2 is 2.31 bits per heavy atom. The minimum atomic E-state index is -0.500. The molecule has 0 unspecified atom stereocenters. The number of carbonyl (C=O) groups is 1. The summed E-state index contributed by atoms with van der Waals surface area (Å²) in [5.41, 5.74) is 0.533. The maximum absolute atomic E-state index is 11.7. The SMILES string of the molecule is Cc1nc(CCNC(=O)C(C)(C)CCl)cs1. The Bertz CT molecular complexity index is 363. The molecular weight excluding hydrogens is 244 g/mol. The second-order valence-corrected chi connectivity index (χ2v) is 5.71. The summed E-state index contributed by atoms with van der Waals surface area (Å²) in [6, 6.07) is 0. The molecule has 5 heteroatoms. The van der Waals surface area contributed by atoms with Crippen molar-refractivity contribution in [3.63, 3.8) is 0 Å². The summed E-state index contributed by atoms with van der Waals surface area (Å²) in [5, 5.41) is 5.95. The van der Waals surface area contributed by atoms with Gasteiger partial charge in [-0.05, 0) is 20.8 Å². The van der Waals surface area contributed by atoms with Crippen LogP contribution in [0.5, 0.6) is 0 Å². The van der Waals surface area contributed by atoms with Gasteiger partial charge in [0.25, 0.3) is 0 Å². The summed E-state index contributed by atoms with van der Waals surface area (Å²) in [5.74, 6) is 0.323. The van der Waals surface area contributed by atoms with Gasteiger partial charge >= 0.3 is 0 Å². The molecule has 0 fully saturated rings. The van der Waals surface area contributed by atoms with E-state index in [-0.39, 0.29) is 5.91 Å². The Labute approximate surface area is 105 Å². The molecule has 1 amide bonds. The monoisotopic (exact) mass is 260 g/mol. The smallest absolute Gasteiger partial charge is 0.226 e. The molecular formula is C11H17ClN2OS. The Morgan fingerprint density at radius 1 is 1.62 bits per heavy atom. The highest BCUT2D eigenvalue weighted by atomic mass is 35.5. The van der Waals surface area contributed by atoms with Gasteiger partial charge in [0.05, 0.1) is 16.1 Å². The van der Waals surface area contributed by atoms with Crippen molar-refractivity contribution in [3.05, 3.63) is 16.1 Å². The molecule has 90 valence electrons. The number of thiazole rings is 1. The molecule has 1 heterocycles. The number of hydrogen-bond donors (Lipinski definition) is 1. The number of aromatic nitrogens is 1. The van der Waals surface area contributed by atoms with E-state index in [1.807, 2.05) is 26.2 Å².